The van der Waals surface area contributed by atoms with Gasteiger partial charge in [0.1, 0.15) is 5.54 Å². The fourth-order valence-electron chi connectivity index (χ4n) is 2.25. The lowest BCUT2D eigenvalue weighted by Crippen LogP contribution is -2.40. The van der Waals surface area contributed by atoms with Crippen LogP contribution >= 0.6 is 0 Å². The molecular weight excluding hydrogens is 248 g/mol. The van der Waals surface area contributed by atoms with E-state index in [0.717, 1.165) is 11.1 Å². The average molecular weight is 268 g/mol. The summed E-state index contributed by atoms with van der Waals surface area (Å²) in [6.45, 7) is 3.99. The quantitative estimate of drug-likeness (QED) is 0.907. The first-order valence-electron chi connectivity index (χ1n) is 6.78. The smallest absolute Gasteiger partial charge is 0.105 e. The molecule has 0 saturated carbocycles. The van der Waals surface area contributed by atoms with Crippen LogP contribution in [0.2, 0.25) is 0 Å². The standard InChI is InChI=1S/C16H20N4/c1-13(9-16(2,12-17)18-3)20-11-15(10-19-20)14-7-5-4-6-8-14/h4-8,10-11,13,18H,9H2,1-3H3. The van der Waals surface area contributed by atoms with Gasteiger partial charge in [0, 0.05) is 18.2 Å². The zero-order valence-electron chi connectivity index (χ0n) is 12.2. The molecule has 2 rings (SSSR count). The molecular formula is C16H20N4. The SMILES string of the molecule is CNC(C)(C#N)CC(C)n1cc(-c2ccccc2)cn1. The molecule has 104 valence electrons. The molecule has 0 amide bonds. The van der Waals surface area contributed by atoms with E-state index in [9.17, 15) is 5.26 Å². The third-order valence-corrected chi connectivity index (χ3v) is 3.66. The summed E-state index contributed by atoms with van der Waals surface area (Å²) in [5.41, 5.74) is 1.72. The van der Waals surface area contributed by atoms with E-state index in [1.165, 1.54) is 0 Å². The molecule has 2 aromatic rings. The molecule has 1 aromatic heterocycles. The Morgan fingerprint density at radius 2 is 2.05 bits per heavy atom. The van der Waals surface area contributed by atoms with Crippen LogP contribution in [0.25, 0.3) is 11.1 Å². The number of nitrogens with one attached hydrogen (secondary N) is 1. The first-order valence-corrected chi connectivity index (χ1v) is 6.78. The first-order chi connectivity index (χ1) is 9.58. The normalized spacial score (nSPS) is 15.3. The van der Waals surface area contributed by atoms with Gasteiger partial charge in [-0.15, -0.1) is 0 Å². The number of nitriles is 1. The molecule has 0 aliphatic rings. The van der Waals surface area contributed by atoms with Crippen LogP contribution in [0.5, 0.6) is 0 Å². The first kappa shape index (κ1) is 14.3. The van der Waals surface area contributed by atoms with Crippen molar-refractivity contribution >= 4 is 0 Å². The van der Waals surface area contributed by atoms with Crippen molar-refractivity contribution in [2.45, 2.75) is 31.8 Å². The lowest BCUT2D eigenvalue weighted by Gasteiger charge is -2.24. The number of aromatic nitrogens is 2. The summed E-state index contributed by atoms with van der Waals surface area (Å²) in [7, 11) is 1.81. The van der Waals surface area contributed by atoms with Crippen LogP contribution < -0.4 is 5.32 Å². The fourth-order valence-corrected chi connectivity index (χ4v) is 2.25. The van der Waals surface area contributed by atoms with Crippen LogP contribution in [0.1, 0.15) is 26.3 Å². The highest BCUT2D eigenvalue weighted by atomic mass is 15.3. The third kappa shape index (κ3) is 3.06. The lowest BCUT2D eigenvalue weighted by atomic mass is 9.96. The predicted octanol–water partition coefficient (Wildman–Crippen LogP) is 3.00. The van der Waals surface area contributed by atoms with E-state index in [1.54, 1.807) is 0 Å². The Bertz CT molecular complexity index is 596. The lowest BCUT2D eigenvalue weighted by molar-refractivity contribution is 0.349. The Morgan fingerprint density at radius 3 is 2.65 bits per heavy atom. The molecule has 2 unspecified atom stereocenters. The second kappa shape index (κ2) is 5.89. The van der Waals surface area contributed by atoms with E-state index < -0.39 is 5.54 Å². The van der Waals surface area contributed by atoms with Crippen LogP contribution in [-0.2, 0) is 0 Å². The molecule has 1 aromatic carbocycles. The van der Waals surface area contributed by atoms with Crippen molar-refractivity contribution in [3.05, 3.63) is 42.7 Å². The van der Waals surface area contributed by atoms with Gasteiger partial charge in [-0.05, 0) is 26.5 Å². The highest BCUT2D eigenvalue weighted by Crippen LogP contribution is 2.23. The summed E-state index contributed by atoms with van der Waals surface area (Å²) >= 11 is 0. The van der Waals surface area contributed by atoms with Crippen molar-refractivity contribution in [1.29, 1.82) is 5.26 Å². The van der Waals surface area contributed by atoms with E-state index in [4.69, 9.17) is 0 Å². The van der Waals surface area contributed by atoms with Crippen molar-refractivity contribution in [3.8, 4) is 17.2 Å². The van der Waals surface area contributed by atoms with Gasteiger partial charge in [0.15, 0.2) is 0 Å². The summed E-state index contributed by atoms with van der Waals surface area (Å²) in [6.07, 6.45) is 4.61. The third-order valence-electron chi connectivity index (χ3n) is 3.66. The average Bonchev–Trinajstić information content (AvgIpc) is 2.98. The molecule has 0 spiro atoms. The summed E-state index contributed by atoms with van der Waals surface area (Å²) < 4.78 is 1.93. The van der Waals surface area contributed by atoms with Gasteiger partial charge in [-0.2, -0.15) is 10.4 Å². The predicted molar refractivity (Wildman–Crippen MR) is 80.1 cm³/mol. The van der Waals surface area contributed by atoms with E-state index >= 15 is 0 Å². The van der Waals surface area contributed by atoms with Gasteiger partial charge in [-0.1, -0.05) is 30.3 Å². The van der Waals surface area contributed by atoms with Crippen molar-refractivity contribution in [2.24, 2.45) is 0 Å². The maximum atomic E-state index is 9.22. The van der Waals surface area contributed by atoms with E-state index in [1.807, 2.05) is 49.2 Å². The van der Waals surface area contributed by atoms with Gasteiger partial charge in [0.2, 0.25) is 0 Å². The minimum Gasteiger partial charge on any atom is -0.303 e. The van der Waals surface area contributed by atoms with E-state index in [2.05, 4.69) is 35.5 Å². The molecule has 0 fully saturated rings. The molecule has 0 bridgehead atoms. The highest BCUT2D eigenvalue weighted by Gasteiger charge is 2.25. The molecule has 0 saturated heterocycles. The maximum absolute atomic E-state index is 9.22. The summed E-state index contributed by atoms with van der Waals surface area (Å²) in [5.74, 6) is 0. The van der Waals surface area contributed by atoms with Crippen LogP contribution in [0.15, 0.2) is 42.7 Å². The molecule has 4 nitrogen and oxygen atoms in total. The monoisotopic (exact) mass is 268 g/mol. The number of nitrogens with zero attached hydrogens (tertiary/aromatic N) is 3. The van der Waals surface area contributed by atoms with Crippen molar-refractivity contribution in [2.75, 3.05) is 7.05 Å². The number of benzene rings is 1. The minimum absolute atomic E-state index is 0.157. The Morgan fingerprint density at radius 1 is 1.35 bits per heavy atom. The van der Waals surface area contributed by atoms with Gasteiger partial charge < -0.3 is 5.32 Å². The van der Waals surface area contributed by atoms with Crippen LogP contribution in [0, 0.1) is 11.3 Å². The van der Waals surface area contributed by atoms with Crippen molar-refractivity contribution in [1.82, 2.24) is 15.1 Å². The second-order valence-electron chi connectivity index (χ2n) is 5.32. The molecule has 20 heavy (non-hydrogen) atoms. The number of hydrogen-bond acceptors (Lipinski definition) is 3. The van der Waals surface area contributed by atoms with Crippen LogP contribution in [0.4, 0.5) is 0 Å². The van der Waals surface area contributed by atoms with E-state index in [-0.39, 0.29) is 6.04 Å². The van der Waals surface area contributed by atoms with Crippen LogP contribution in [0.3, 0.4) is 0 Å². The van der Waals surface area contributed by atoms with Gasteiger partial charge in [0.25, 0.3) is 0 Å². The summed E-state index contributed by atoms with van der Waals surface area (Å²) in [6, 6.07) is 12.6. The number of hydrogen-bond donors (Lipinski definition) is 1. The Labute approximate surface area is 120 Å². The van der Waals surface area contributed by atoms with Gasteiger partial charge >= 0.3 is 0 Å². The topological polar surface area (TPSA) is 53.6 Å². The largest absolute Gasteiger partial charge is 0.303 e. The highest BCUT2D eigenvalue weighted by molar-refractivity contribution is 5.61. The van der Waals surface area contributed by atoms with Crippen molar-refractivity contribution in [3.63, 3.8) is 0 Å². The van der Waals surface area contributed by atoms with Crippen LogP contribution in [-0.4, -0.2) is 22.4 Å². The van der Waals surface area contributed by atoms with Gasteiger partial charge in [-0.3, -0.25) is 4.68 Å². The van der Waals surface area contributed by atoms with Crippen molar-refractivity contribution < 1.29 is 0 Å². The number of rotatable bonds is 5. The zero-order valence-corrected chi connectivity index (χ0v) is 12.2. The Kier molecular flexibility index (Phi) is 4.21. The molecule has 1 heterocycles. The summed E-state index contributed by atoms with van der Waals surface area (Å²) in [5, 5.41) is 16.7. The molecule has 0 aliphatic carbocycles. The molecule has 0 radical (unpaired) electrons. The Balaban J connectivity index is 2.15. The zero-order chi connectivity index (χ0) is 14.6. The Hall–Kier alpha value is -2.12. The molecule has 0 aliphatic heterocycles. The second-order valence-corrected chi connectivity index (χ2v) is 5.32. The van der Waals surface area contributed by atoms with Gasteiger partial charge in [0.05, 0.1) is 18.3 Å². The van der Waals surface area contributed by atoms with E-state index in [0.29, 0.717) is 6.42 Å². The molecule has 1 N–H and O–H groups in total. The molecule has 2 atom stereocenters. The minimum atomic E-state index is -0.529. The fraction of sp³-hybridized carbons (Fsp3) is 0.375. The molecule has 4 heteroatoms. The summed E-state index contributed by atoms with van der Waals surface area (Å²) in [4.78, 5) is 0. The van der Waals surface area contributed by atoms with Gasteiger partial charge in [-0.25, -0.2) is 0 Å². The maximum Gasteiger partial charge on any atom is 0.105 e.